The predicted octanol–water partition coefficient (Wildman–Crippen LogP) is 2.89. The van der Waals surface area contributed by atoms with Crippen molar-refractivity contribution in [3.8, 4) is 0 Å². The summed E-state index contributed by atoms with van der Waals surface area (Å²) in [6.07, 6.45) is 5.29. The van der Waals surface area contributed by atoms with E-state index in [0.29, 0.717) is 19.8 Å². The number of fused-ring (bicyclic) bond motifs is 1. The van der Waals surface area contributed by atoms with Gasteiger partial charge in [0.2, 0.25) is 5.91 Å². The van der Waals surface area contributed by atoms with Crippen LogP contribution in [0.5, 0.6) is 0 Å². The highest BCUT2D eigenvalue weighted by atomic mass is 16.5. The first-order chi connectivity index (χ1) is 10.6. The lowest BCUT2D eigenvalue weighted by atomic mass is 10.0. The molecule has 1 amide bonds. The van der Waals surface area contributed by atoms with Crippen molar-refractivity contribution in [3.05, 3.63) is 48.2 Å². The summed E-state index contributed by atoms with van der Waals surface area (Å²) in [5.74, 6) is 0.0224. The third-order valence-electron chi connectivity index (χ3n) is 4.00. The minimum absolute atomic E-state index is 0.0224. The second kappa shape index (κ2) is 5.89. The number of nitrogens with zero attached hydrogens (tertiary/aromatic N) is 2. The minimum Gasteiger partial charge on any atom is -0.377 e. The minimum atomic E-state index is -0.264. The van der Waals surface area contributed by atoms with Crippen LogP contribution in [0.15, 0.2) is 42.6 Å². The van der Waals surface area contributed by atoms with Gasteiger partial charge in [-0.1, -0.05) is 18.2 Å². The summed E-state index contributed by atoms with van der Waals surface area (Å²) in [6.45, 7) is 5.86. The summed E-state index contributed by atoms with van der Waals surface area (Å²) < 4.78 is 5.46. The Morgan fingerprint density at radius 1 is 1.32 bits per heavy atom. The molecule has 3 rings (SSSR count). The first-order valence-corrected chi connectivity index (χ1v) is 7.49. The van der Waals surface area contributed by atoms with Gasteiger partial charge in [0.1, 0.15) is 0 Å². The Morgan fingerprint density at radius 2 is 2.14 bits per heavy atom. The SMILES string of the molecule is CC1(C)COCCN1C(=O)C=Cc1ccnc2ccccc12. The molecule has 22 heavy (non-hydrogen) atoms. The number of ether oxygens (including phenoxy) is 1. The summed E-state index contributed by atoms with van der Waals surface area (Å²) in [7, 11) is 0. The van der Waals surface area contributed by atoms with Gasteiger partial charge in [-0.15, -0.1) is 0 Å². The standard InChI is InChI=1S/C18H20N2O2/c1-18(2)13-22-12-11-20(18)17(21)8-7-14-9-10-19-16-6-4-3-5-15(14)16/h3-10H,11-13H2,1-2H3. The normalized spacial score (nSPS) is 18.0. The van der Waals surface area contributed by atoms with Crippen LogP contribution < -0.4 is 0 Å². The lowest BCUT2D eigenvalue weighted by Crippen LogP contribution is -2.55. The molecule has 1 aliphatic rings. The number of aromatic nitrogens is 1. The van der Waals surface area contributed by atoms with E-state index in [0.717, 1.165) is 16.5 Å². The van der Waals surface area contributed by atoms with Crippen molar-refractivity contribution in [2.75, 3.05) is 19.8 Å². The Kier molecular flexibility index (Phi) is 3.94. The van der Waals surface area contributed by atoms with Crippen LogP contribution in [0.3, 0.4) is 0 Å². The Hall–Kier alpha value is -2.20. The summed E-state index contributed by atoms with van der Waals surface area (Å²) in [5.41, 5.74) is 1.67. The quantitative estimate of drug-likeness (QED) is 0.800. The number of carbonyl (C=O) groups is 1. The Morgan fingerprint density at radius 3 is 2.95 bits per heavy atom. The van der Waals surface area contributed by atoms with Crippen molar-refractivity contribution in [2.45, 2.75) is 19.4 Å². The third kappa shape index (κ3) is 2.88. The molecule has 0 saturated carbocycles. The van der Waals surface area contributed by atoms with Crippen molar-refractivity contribution in [3.63, 3.8) is 0 Å². The number of amides is 1. The third-order valence-corrected chi connectivity index (χ3v) is 4.00. The zero-order chi connectivity index (χ0) is 15.6. The fraction of sp³-hybridized carbons (Fsp3) is 0.333. The number of morpholine rings is 1. The molecule has 0 radical (unpaired) electrons. The molecule has 1 fully saturated rings. The monoisotopic (exact) mass is 296 g/mol. The summed E-state index contributed by atoms with van der Waals surface area (Å²) in [4.78, 5) is 18.7. The molecule has 0 aliphatic carbocycles. The molecule has 2 aromatic rings. The molecule has 2 heterocycles. The predicted molar refractivity (Wildman–Crippen MR) is 87.4 cm³/mol. The maximum Gasteiger partial charge on any atom is 0.247 e. The fourth-order valence-corrected chi connectivity index (χ4v) is 2.78. The molecule has 4 heteroatoms. The van der Waals surface area contributed by atoms with Crippen LogP contribution >= 0.6 is 0 Å². The average molecular weight is 296 g/mol. The van der Waals surface area contributed by atoms with E-state index in [1.54, 1.807) is 12.3 Å². The van der Waals surface area contributed by atoms with Crippen molar-refractivity contribution in [1.82, 2.24) is 9.88 Å². The van der Waals surface area contributed by atoms with Crippen LogP contribution in [0, 0.1) is 0 Å². The van der Waals surface area contributed by atoms with Crippen molar-refractivity contribution in [2.24, 2.45) is 0 Å². The van der Waals surface area contributed by atoms with E-state index in [2.05, 4.69) is 4.98 Å². The molecular weight excluding hydrogens is 276 g/mol. The molecule has 0 spiro atoms. The molecule has 4 nitrogen and oxygen atoms in total. The highest BCUT2D eigenvalue weighted by Gasteiger charge is 2.32. The van der Waals surface area contributed by atoms with E-state index in [1.165, 1.54) is 0 Å². The van der Waals surface area contributed by atoms with E-state index in [9.17, 15) is 4.79 Å². The lowest BCUT2D eigenvalue weighted by Gasteiger charge is -2.41. The Balaban J connectivity index is 1.85. The van der Waals surface area contributed by atoms with Gasteiger partial charge in [0.25, 0.3) is 0 Å². The number of benzene rings is 1. The van der Waals surface area contributed by atoms with Crippen LogP contribution in [0.1, 0.15) is 19.4 Å². The largest absolute Gasteiger partial charge is 0.377 e. The van der Waals surface area contributed by atoms with Crippen LogP contribution in [-0.4, -0.2) is 41.1 Å². The summed E-state index contributed by atoms with van der Waals surface area (Å²) in [5, 5.41) is 1.05. The van der Waals surface area contributed by atoms with Gasteiger partial charge in [-0.3, -0.25) is 9.78 Å². The Bertz CT molecular complexity index is 717. The number of hydrogen-bond acceptors (Lipinski definition) is 3. The first kappa shape index (κ1) is 14.7. The maximum absolute atomic E-state index is 12.5. The zero-order valence-corrected chi connectivity index (χ0v) is 13.0. The number of para-hydroxylation sites is 1. The molecule has 0 N–H and O–H groups in total. The van der Waals surface area contributed by atoms with Crippen molar-refractivity contribution >= 4 is 22.9 Å². The van der Waals surface area contributed by atoms with Crippen LogP contribution in [0.2, 0.25) is 0 Å². The van der Waals surface area contributed by atoms with Gasteiger partial charge in [0.05, 0.1) is 24.3 Å². The van der Waals surface area contributed by atoms with E-state index in [1.807, 2.05) is 55.2 Å². The molecular formula is C18H20N2O2. The second-order valence-corrected chi connectivity index (χ2v) is 6.11. The van der Waals surface area contributed by atoms with Crippen LogP contribution in [0.25, 0.3) is 17.0 Å². The highest BCUT2D eigenvalue weighted by Crippen LogP contribution is 2.21. The second-order valence-electron chi connectivity index (χ2n) is 6.11. The fourth-order valence-electron chi connectivity index (χ4n) is 2.78. The van der Waals surface area contributed by atoms with Gasteiger partial charge >= 0.3 is 0 Å². The van der Waals surface area contributed by atoms with Gasteiger partial charge in [-0.05, 0) is 37.6 Å². The molecule has 1 aromatic carbocycles. The van der Waals surface area contributed by atoms with Gasteiger partial charge in [0, 0.05) is 24.2 Å². The topological polar surface area (TPSA) is 42.4 Å². The Labute approximate surface area is 130 Å². The number of carbonyl (C=O) groups excluding carboxylic acids is 1. The molecule has 114 valence electrons. The van der Waals surface area contributed by atoms with Gasteiger partial charge in [0.15, 0.2) is 0 Å². The molecule has 0 unspecified atom stereocenters. The maximum atomic E-state index is 12.5. The highest BCUT2D eigenvalue weighted by molar-refractivity contribution is 5.96. The van der Waals surface area contributed by atoms with E-state index < -0.39 is 0 Å². The van der Waals surface area contributed by atoms with E-state index >= 15 is 0 Å². The zero-order valence-electron chi connectivity index (χ0n) is 13.0. The van der Waals surface area contributed by atoms with Gasteiger partial charge in [-0.2, -0.15) is 0 Å². The summed E-state index contributed by atoms with van der Waals surface area (Å²) >= 11 is 0. The number of rotatable bonds is 2. The van der Waals surface area contributed by atoms with Crippen molar-refractivity contribution in [1.29, 1.82) is 0 Å². The molecule has 1 aliphatic heterocycles. The lowest BCUT2D eigenvalue weighted by molar-refractivity contribution is -0.140. The molecule has 1 aromatic heterocycles. The van der Waals surface area contributed by atoms with E-state index in [-0.39, 0.29) is 11.4 Å². The van der Waals surface area contributed by atoms with Gasteiger partial charge < -0.3 is 9.64 Å². The molecule has 1 saturated heterocycles. The average Bonchev–Trinajstić information content (AvgIpc) is 2.52. The van der Waals surface area contributed by atoms with Crippen LogP contribution in [-0.2, 0) is 9.53 Å². The van der Waals surface area contributed by atoms with E-state index in [4.69, 9.17) is 4.74 Å². The number of pyridine rings is 1. The van der Waals surface area contributed by atoms with Crippen molar-refractivity contribution < 1.29 is 9.53 Å². The number of hydrogen-bond donors (Lipinski definition) is 0. The molecule has 0 bridgehead atoms. The summed E-state index contributed by atoms with van der Waals surface area (Å²) in [6, 6.07) is 9.86. The molecule has 0 atom stereocenters. The smallest absolute Gasteiger partial charge is 0.247 e. The van der Waals surface area contributed by atoms with Gasteiger partial charge in [-0.25, -0.2) is 0 Å². The van der Waals surface area contributed by atoms with Crippen LogP contribution in [0.4, 0.5) is 0 Å². The first-order valence-electron chi connectivity index (χ1n) is 7.49.